The van der Waals surface area contributed by atoms with Crippen molar-refractivity contribution in [3.63, 3.8) is 0 Å². The van der Waals surface area contributed by atoms with Gasteiger partial charge in [0.05, 0.1) is 0 Å². The highest BCUT2D eigenvalue weighted by molar-refractivity contribution is 6.30. The molecule has 2 rings (SSSR count). The van der Waals surface area contributed by atoms with E-state index in [1.807, 2.05) is 6.07 Å². The van der Waals surface area contributed by atoms with E-state index in [9.17, 15) is 0 Å². The number of anilines is 1. The topological polar surface area (TPSA) is 29.3 Å². The fraction of sp³-hybridized carbons (Fsp3) is 0.647. The van der Waals surface area contributed by atoms with E-state index in [0.717, 1.165) is 30.3 Å². The summed E-state index contributed by atoms with van der Waals surface area (Å²) in [5.41, 5.74) is 8.79. The molecule has 0 bridgehead atoms. The van der Waals surface area contributed by atoms with Crippen LogP contribution >= 0.6 is 11.6 Å². The quantitative estimate of drug-likeness (QED) is 0.777. The van der Waals surface area contributed by atoms with Crippen molar-refractivity contribution in [1.82, 2.24) is 0 Å². The lowest BCUT2D eigenvalue weighted by molar-refractivity contribution is 0.640. The summed E-state index contributed by atoms with van der Waals surface area (Å²) in [5, 5.41) is 0.825. The summed E-state index contributed by atoms with van der Waals surface area (Å²) in [7, 11) is 0. The zero-order valence-electron chi connectivity index (χ0n) is 12.7. The second kappa shape index (κ2) is 7.33. The minimum absolute atomic E-state index is 0.235. The van der Waals surface area contributed by atoms with Gasteiger partial charge in [-0.2, -0.15) is 0 Å². The maximum atomic E-state index is 6.23. The Morgan fingerprint density at radius 1 is 1.35 bits per heavy atom. The van der Waals surface area contributed by atoms with Gasteiger partial charge in [0.15, 0.2) is 0 Å². The molecule has 0 spiro atoms. The molecule has 2 nitrogen and oxygen atoms in total. The van der Waals surface area contributed by atoms with Crippen molar-refractivity contribution in [3.8, 4) is 0 Å². The van der Waals surface area contributed by atoms with E-state index in [4.69, 9.17) is 17.3 Å². The highest BCUT2D eigenvalue weighted by atomic mass is 35.5. The number of nitrogens with zero attached hydrogens (tertiary/aromatic N) is 1. The van der Waals surface area contributed by atoms with Gasteiger partial charge in [-0.3, -0.25) is 0 Å². The SMILES string of the molecule is CCCN(CC1CC1)c1cc(Cl)ccc1CC(N)CC. The molecule has 0 radical (unpaired) electrons. The number of rotatable bonds is 8. The van der Waals surface area contributed by atoms with Crippen molar-refractivity contribution in [2.24, 2.45) is 11.7 Å². The Labute approximate surface area is 128 Å². The fourth-order valence-corrected chi connectivity index (χ4v) is 2.79. The molecule has 1 aliphatic rings. The van der Waals surface area contributed by atoms with Crippen LogP contribution in [0.5, 0.6) is 0 Å². The third kappa shape index (κ3) is 4.39. The lowest BCUT2D eigenvalue weighted by atomic mass is 10.0. The van der Waals surface area contributed by atoms with Gasteiger partial charge in [-0.25, -0.2) is 0 Å². The van der Waals surface area contributed by atoms with Gasteiger partial charge in [-0.15, -0.1) is 0 Å². The average Bonchev–Trinajstić information content (AvgIpc) is 3.24. The smallest absolute Gasteiger partial charge is 0.0426 e. The molecule has 1 saturated carbocycles. The van der Waals surface area contributed by atoms with Crippen molar-refractivity contribution >= 4 is 17.3 Å². The van der Waals surface area contributed by atoms with E-state index in [-0.39, 0.29) is 6.04 Å². The van der Waals surface area contributed by atoms with Crippen LogP contribution in [-0.4, -0.2) is 19.1 Å². The molecule has 1 aromatic rings. The van der Waals surface area contributed by atoms with E-state index in [1.165, 1.54) is 37.1 Å². The molecule has 1 aliphatic carbocycles. The second-order valence-electron chi connectivity index (χ2n) is 6.03. The Morgan fingerprint density at radius 2 is 2.10 bits per heavy atom. The van der Waals surface area contributed by atoms with Crippen LogP contribution in [0, 0.1) is 5.92 Å². The molecule has 1 aromatic carbocycles. The largest absolute Gasteiger partial charge is 0.371 e. The lowest BCUT2D eigenvalue weighted by Crippen LogP contribution is -2.29. The van der Waals surface area contributed by atoms with Crippen molar-refractivity contribution in [2.75, 3.05) is 18.0 Å². The first-order valence-electron chi connectivity index (χ1n) is 7.93. The van der Waals surface area contributed by atoms with Crippen molar-refractivity contribution in [3.05, 3.63) is 28.8 Å². The Bertz CT molecular complexity index is 429. The first kappa shape index (κ1) is 15.7. The Kier molecular flexibility index (Phi) is 5.74. The Morgan fingerprint density at radius 3 is 2.70 bits per heavy atom. The first-order valence-corrected chi connectivity index (χ1v) is 8.30. The summed E-state index contributed by atoms with van der Waals surface area (Å²) in [6.07, 6.45) is 5.88. The number of nitrogens with two attached hydrogens (primary N) is 1. The summed E-state index contributed by atoms with van der Waals surface area (Å²) in [6.45, 7) is 6.66. The van der Waals surface area contributed by atoms with Crippen molar-refractivity contribution in [2.45, 2.75) is 52.0 Å². The molecule has 3 heteroatoms. The minimum Gasteiger partial charge on any atom is -0.371 e. The van der Waals surface area contributed by atoms with Crippen LogP contribution in [0.1, 0.15) is 45.1 Å². The molecule has 0 saturated heterocycles. The van der Waals surface area contributed by atoms with E-state index < -0.39 is 0 Å². The molecule has 0 amide bonds. The van der Waals surface area contributed by atoms with Gasteiger partial charge in [-0.1, -0.05) is 31.5 Å². The van der Waals surface area contributed by atoms with E-state index in [1.54, 1.807) is 0 Å². The number of hydrogen-bond donors (Lipinski definition) is 1. The zero-order valence-corrected chi connectivity index (χ0v) is 13.5. The Hall–Kier alpha value is -0.730. The van der Waals surface area contributed by atoms with Gasteiger partial charge in [0.25, 0.3) is 0 Å². The normalized spacial score (nSPS) is 16.2. The Balaban J connectivity index is 2.22. The van der Waals surface area contributed by atoms with Gasteiger partial charge >= 0.3 is 0 Å². The second-order valence-corrected chi connectivity index (χ2v) is 6.47. The van der Waals surface area contributed by atoms with Crippen LogP contribution in [0.4, 0.5) is 5.69 Å². The van der Waals surface area contributed by atoms with Crippen molar-refractivity contribution < 1.29 is 0 Å². The molecular weight excluding hydrogens is 268 g/mol. The monoisotopic (exact) mass is 294 g/mol. The highest BCUT2D eigenvalue weighted by Gasteiger charge is 2.25. The van der Waals surface area contributed by atoms with Crippen LogP contribution < -0.4 is 10.6 Å². The standard InChI is InChI=1S/C17H27ClN2/c1-3-9-20(12-13-5-6-13)17-11-15(18)8-7-14(17)10-16(19)4-2/h7-8,11,13,16H,3-6,9-10,12,19H2,1-2H3. The third-order valence-corrected chi connectivity index (χ3v) is 4.30. The predicted octanol–water partition coefficient (Wildman–Crippen LogP) is 4.25. The minimum atomic E-state index is 0.235. The van der Waals surface area contributed by atoms with Gasteiger partial charge in [-0.05, 0) is 55.7 Å². The molecule has 20 heavy (non-hydrogen) atoms. The number of hydrogen-bond acceptors (Lipinski definition) is 2. The zero-order chi connectivity index (χ0) is 14.5. The molecule has 2 N–H and O–H groups in total. The molecule has 1 atom stereocenters. The van der Waals surface area contributed by atoms with Gasteiger partial charge in [0.1, 0.15) is 0 Å². The summed E-state index contributed by atoms with van der Waals surface area (Å²) >= 11 is 6.23. The van der Waals surface area contributed by atoms with E-state index in [0.29, 0.717) is 0 Å². The molecule has 1 fully saturated rings. The predicted molar refractivity (Wildman–Crippen MR) is 88.7 cm³/mol. The van der Waals surface area contributed by atoms with Crippen LogP contribution in [-0.2, 0) is 6.42 Å². The van der Waals surface area contributed by atoms with Crippen molar-refractivity contribution in [1.29, 1.82) is 0 Å². The molecule has 112 valence electrons. The number of halogens is 1. The maximum Gasteiger partial charge on any atom is 0.0426 e. The van der Waals surface area contributed by atoms with Crippen LogP contribution in [0.3, 0.4) is 0 Å². The molecule has 0 aromatic heterocycles. The highest BCUT2D eigenvalue weighted by Crippen LogP contribution is 2.34. The summed E-state index contributed by atoms with van der Waals surface area (Å²) < 4.78 is 0. The molecule has 0 heterocycles. The molecule has 1 unspecified atom stereocenters. The van der Waals surface area contributed by atoms with E-state index in [2.05, 4.69) is 30.9 Å². The van der Waals surface area contributed by atoms with E-state index >= 15 is 0 Å². The maximum absolute atomic E-state index is 6.23. The summed E-state index contributed by atoms with van der Waals surface area (Å²) in [6, 6.07) is 6.50. The van der Waals surface area contributed by atoms with Gasteiger partial charge in [0, 0.05) is 29.8 Å². The molecule has 0 aliphatic heterocycles. The third-order valence-electron chi connectivity index (χ3n) is 4.06. The van der Waals surface area contributed by atoms with Crippen LogP contribution in [0.2, 0.25) is 5.02 Å². The fourth-order valence-electron chi connectivity index (χ4n) is 2.62. The summed E-state index contributed by atoms with van der Waals surface area (Å²) in [5.74, 6) is 0.883. The van der Waals surface area contributed by atoms with Crippen LogP contribution in [0.15, 0.2) is 18.2 Å². The molecular formula is C17H27ClN2. The lowest BCUT2D eigenvalue weighted by Gasteiger charge is -2.28. The van der Waals surface area contributed by atoms with Crippen LogP contribution in [0.25, 0.3) is 0 Å². The number of benzene rings is 1. The summed E-state index contributed by atoms with van der Waals surface area (Å²) in [4.78, 5) is 2.52. The van der Waals surface area contributed by atoms with Gasteiger partial charge in [0.2, 0.25) is 0 Å². The van der Waals surface area contributed by atoms with Gasteiger partial charge < -0.3 is 10.6 Å². The average molecular weight is 295 g/mol. The first-order chi connectivity index (χ1) is 9.63.